The monoisotopic (exact) mass is 431 g/mol. The third-order valence-electron chi connectivity index (χ3n) is 5.30. The van der Waals surface area contributed by atoms with Crippen LogP contribution in [0.5, 0.6) is 11.5 Å². The van der Waals surface area contributed by atoms with Gasteiger partial charge in [0.15, 0.2) is 11.5 Å². The summed E-state index contributed by atoms with van der Waals surface area (Å²) in [5, 5.41) is 0. The molecule has 0 unspecified atom stereocenters. The Morgan fingerprint density at radius 3 is 2.53 bits per heavy atom. The molecular formula is C21H25N3O5S. The molecule has 9 heteroatoms. The summed E-state index contributed by atoms with van der Waals surface area (Å²) in [4.78, 5) is 18.5. The average Bonchev–Trinajstić information content (AvgIpc) is 3.03. The van der Waals surface area contributed by atoms with Crippen LogP contribution in [0.4, 0.5) is 0 Å². The summed E-state index contributed by atoms with van der Waals surface area (Å²) >= 11 is 0. The minimum Gasteiger partial charge on any atom is -0.490 e. The van der Waals surface area contributed by atoms with Crippen LogP contribution in [0.3, 0.4) is 0 Å². The molecule has 0 aliphatic carbocycles. The first-order valence-electron chi connectivity index (χ1n) is 10.1. The van der Waals surface area contributed by atoms with Crippen LogP contribution in [0.2, 0.25) is 0 Å². The normalized spacial score (nSPS) is 17.4. The lowest BCUT2D eigenvalue weighted by Crippen LogP contribution is -2.50. The second-order valence-electron chi connectivity index (χ2n) is 7.31. The Hall–Kier alpha value is -2.65. The Kier molecular flexibility index (Phi) is 6.19. The van der Waals surface area contributed by atoms with E-state index >= 15 is 0 Å². The number of ether oxygens (including phenoxy) is 2. The number of rotatable bonds is 5. The summed E-state index contributed by atoms with van der Waals surface area (Å²) < 4.78 is 38.8. The quantitative estimate of drug-likeness (QED) is 0.716. The molecule has 2 aliphatic rings. The summed E-state index contributed by atoms with van der Waals surface area (Å²) in [7, 11) is -3.66. The van der Waals surface area contributed by atoms with Crippen molar-refractivity contribution in [2.75, 3.05) is 39.4 Å². The van der Waals surface area contributed by atoms with Crippen molar-refractivity contribution in [3.8, 4) is 11.5 Å². The molecule has 0 saturated carbocycles. The van der Waals surface area contributed by atoms with E-state index < -0.39 is 10.0 Å². The highest BCUT2D eigenvalue weighted by atomic mass is 32.2. The molecule has 3 heterocycles. The van der Waals surface area contributed by atoms with Crippen LogP contribution < -0.4 is 9.47 Å². The number of carbonyl (C=O) groups excluding carboxylic acids is 1. The average molecular weight is 432 g/mol. The molecule has 0 atom stereocenters. The molecule has 0 bridgehead atoms. The number of piperazine rings is 1. The van der Waals surface area contributed by atoms with Gasteiger partial charge in [-0.25, -0.2) is 8.42 Å². The number of amides is 1. The van der Waals surface area contributed by atoms with E-state index in [0.29, 0.717) is 50.6 Å². The van der Waals surface area contributed by atoms with Crippen LogP contribution in [0.25, 0.3) is 0 Å². The lowest BCUT2D eigenvalue weighted by atomic mass is 10.1. The van der Waals surface area contributed by atoms with Crippen LogP contribution in [-0.2, 0) is 21.2 Å². The molecule has 2 aliphatic heterocycles. The van der Waals surface area contributed by atoms with Gasteiger partial charge in [-0.15, -0.1) is 0 Å². The van der Waals surface area contributed by atoms with Crippen LogP contribution in [-0.4, -0.2) is 67.9 Å². The van der Waals surface area contributed by atoms with E-state index in [1.807, 2.05) is 12.1 Å². The van der Waals surface area contributed by atoms with Gasteiger partial charge in [0, 0.05) is 57.5 Å². The predicted octanol–water partition coefficient (Wildman–Crippen LogP) is 1.71. The van der Waals surface area contributed by atoms with Gasteiger partial charge < -0.3 is 14.4 Å². The molecule has 4 rings (SSSR count). The number of hydrogen-bond donors (Lipinski definition) is 0. The van der Waals surface area contributed by atoms with Crippen molar-refractivity contribution in [2.24, 2.45) is 0 Å². The first kappa shape index (κ1) is 20.6. The van der Waals surface area contributed by atoms with Gasteiger partial charge in [0.2, 0.25) is 15.9 Å². The number of carbonyl (C=O) groups is 1. The first-order chi connectivity index (χ1) is 14.5. The summed E-state index contributed by atoms with van der Waals surface area (Å²) in [6, 6.07) is 8.52. The van der Waals surface area contributed by atoms with Gasteiger partial charge in [0.25, 0.3) is 0 Å². The van der Waals surface area contributed by atoms with Gasteiger partial charge >= 0.3 is 0 Å². The molecule has 0 N–H and O–H groups in total. The fraction of sp³-hybridized carbons (Fsp3) is 0.429. The van der Waals surface area contributed by atoms with Crippen molar-refractivity contribution in [1.29, 1.82) is 0 Å². The summed E-state index contributed by atoms with van der Waals surface area (Å²) in [6.07, 6.45) is 5.23. The van der Waals surface area contributed by atoms with Crippen molar-refractivity contribution in [2.45, 2.75) is 24.2 Å². The van der Waals surface area contributed by atoms with Crippen molar-refractivity contribution in [3.05, 3.63) is 48.3 Å². The Bertz CT molecular complexity index is 989. The molecule has 1 amide bonds. The second-order valence-corrected chi connectivity index (χ2v) is 9.24. The highest BCUT2D eigenvalue weighted by Crippen LogP contribution is 2.33. The fourth-order valence-electron chi connectivity index (χ4n) is 3.59. The van der Waals surface area contributed by atoms with Crippen LogP contribution in [0.15, 0.2) is 47.6 Å². The standard InChI is InChI=1S/C21H25N3O5S/c25-21(7-4-17-3-1-8-22-16-17)23-9-11-24(12-10-23)30(26,27)18-5-6-19-20(15-18)29-14-2-13-28-19/h1,3,5-6,8,15-16H,2,4,7,9-14H2. The molecule has 1 aromatic heterocycles. The molecule has 0 radical (unpaired) electrons. The third kappa shape index (κ3) is 4.57. The van der Waals surface area contributed by atoms with E-state index in [4.69, 9.17) is 9.47 Å². The van der Waals surface area contributed by atoms with E-state index in [1.54, 1.807) is 29.4 Å². The molecule has 160 valence electrons. The molecule has 1 fully saturated rings. The van der Waals surface area contributed by atoms with Crippen molar-refractivity contribution in [1.82, 2.24) is 14.2 Å². The summed E-state index contributed by atoms with van der Waals surface area (Å²) in [5.74, 6) is 1.06. The number of aryl methyl sites for hydroxylation is 1. The number of aromatic nitrogens is 1. The maximum Gasteiger partial charge on any atom is 0.243 e. The van der Waals surface area contributed by atoms with Crippen LogP contribution >= 0.6 is 0 Å². The van der Waals surface area contributed by atoms with Crippen molar-refractivity contribution in [3.63, 3.8) is 0 Å². The SMILES string of the molecule is O=C(CCc1cccnc1)N1CCN(S(=O)(=O)c2ccc3c(c2)OCCCO3)CC1. The van der Waals surface area contributed by atoms with Crippen LogP contribution in [0.1, 0.15) is 18.4 Å². The number of pyridine rings is 1. The van der Waals surface area contributed by atoms with Crippen molar-refractivity contribution < 1.29 is 22.7 Å². The third-order valence-corrected chi connectivity index (χ3v) is 7.19. The van der Waals surface area contributed by atoms with Gasteiger partial charge in [-0.2, -0.15) is 4.31 Å². The molecule has 30 heavy (non-hydrogen) atoms. The van der Waals surface area contributed by atoms with E-state index in [9.17, 15) is 13.2 Å². The summed E-state index contributed by atoms with van der Waals surface area (Å²) in [5.41, 5.74) is 1.02. The lowest BCUT2D eigenvalue weighted by molar-refractivity contribution is -0.132. The molecule has 1 aromatic carbocycles. The highest BCUT2D eigenvalue weighted by Gasteiger charge is 2.31. The smallest absolute Gasteiger partial charge is 0.243 e. The van der Waals surface area contributed by atoms with Gasteiger partial charge in [0.1, 0.15) is 0 Å². The van der Waals surface area contributed by atoms with Gasteiger partial charge in [-0.05, 0) is 30.2 Å². The van der Waals surface area contributed by atoms with E-state index in [1.165, 1.54) is 10.4 Å². The molecule has 1 saturated heterocycles. The number of nitrogens with zero attached hydrogens (tertiary/aromatic N) is 3. The van der Waals surface area contributed by atoms with Crippen molar-refractivity contribution >= 4 is 15.9 Å². The molecule has 2 aromatic rings. The van der Waals surface area contributed by atoms with E-state index in [0.717, 1.165) is 12.0 Å². The molecular weight excluding hydrogens is 406 g/mol. The van der Waals surface area contributed by atoms with E-state index in [2.05, 4.69) is 4.98 Å². The highest BCUT2D eigenvalue weighted by molar-refractivity contribution is 7.89. The predicted molar refractivity (Wildman–Crippen MR) is 110 cm³/mol. The lowest BCUT2D eigenvalue weighted by Gasteiger charge is -2.34. The minimum absolute atomic E-state index is 0.0338. The Balaban J connectivity index is 1.36. The fourth-order valence-corrected chi connectivity index (χ4v) is 5.02. The number of benzene rings is 1. The second kappa shape index (κ2) is 9.01. The topological polar surface area (TPSA) is 89.0 Å². The Labute approximate surface area is 176 Å². The Morgan fingerprint density at radius 2 is 1.80 bits per heavy atom. The zero-order valence-corrected chi connectivity index (χ0v) is 17.5. The molecule has 8 nitrogen and oxygen atoms in total. The first-order valence-corrected chi connectivity index (χ1v) is 11.5. The van der Waals surface area contributed by atoms with E-state index in [-0.39, 0.29) is 23.9 Å². The van der Waals surface area contributed by atoms with Gasteiger partial charge in [-0.3, -0.25) is 9.78 Å². The van der Waals surface area contributed by atoms with Gasteiger partial charge in [0.05, 0.1) is 18.1 Å². The van der Waals surface area contributed by atoms with Gasteiger partial charge in [-0.1, -0.05) is 6.07 Å². The van der Waals surface area contributed by atoms with Crippen LogP contribution in [0, 0.1) is 0 Å². The zero-order chi connectivity index (χ0) is 21.0. The maximum atomic E-state index is 13.1. The zero-order valence-electron chi connectivity index (χ0n) is 16.7. The minimum atomic E-state index is -3.66. The maximum absolute atomic E-state index is 13.1. The largest absolute Gasteiger partial charge is 0.490 e. The number of fused-ring (bicyclic) bond motifs is 1. The summed E-state index contributed by atoms with van der Waals surface area (Å²) in [6.45, 7) is 2.36. The number of hydrogen-bond acceptors (Lipinski definition) is 6. The Morgan fingerprint density at radius 1 is 1.03 bits per heavy atom. The molecule has 0 spiro atoms. The number of sulfonamides is 1.